The van der Waals surface area contributed by atoms with Crippen molar-refractivity contribution in [3.63, 3.8) is 0 Å². The molecule has 0 aromatic carbocycles. The van der Waals surface area contributed by atoms with Crippen LogP contribution in [0.2, 0.25) is 0 Å². The topological polar surface area (TPSA) is 0 Å². The molecule has 0 amide bonds. The molecule has 0 N–H and O–H groups in total. The summed E-state index contributed by atoms with van der Waals surface area (Å²) in [5.74, 6) is 2.00. The minimum atomic E-state index is 1.00. The lowest BCUT2D eigenvalue weighted by molar-refractivity contribution is 0.486. The normalized spacial score (nSPS) is 15.5. The standard InChI is InChI=1S/C16H34P/c1-5-9-11-15(7-3)13-17-14-16(8-4)12-10-6-2/h15-16H,5-14H2,1-4H3/q-1. The molecule has 0 aromatic rings. The summed E-state index contributed by atoms with van der Waals surface area (Å²) in [5, 5.41) is 0. The second kappa shape index (κ2) is 12.9. The van der Waals surface area contributed by atoms with E-state index in [1.165, 1.54) is 63.7 Å². The predicted octanol–water partition coefficient (Wildman–Crippen LogP) is 6.37. The molecular weight excluding hydrogens is 223 g/mol. The summed E-state index contributed by atoms with van der Waals surface area (Å²) >= 11 is 0. The molecule has 2 unspecified atom stereocenters. The number of unbranched alkanes of at least 4 members (excludes halogenated alkanes) is 2. The van der Waals surface area contributed by atoms with Crippen molar-refractivity contribution in [1.29, 1.82) is 0 Å². The first kappa shape index (κ1) is 17.4. The fourth-order valence-electron chi connectivity index (χ4n) is 2.27. The molecule has 0 nitrogen and oxygen atoms in total. The molecule has 0 bridgehead atoms. The van der Waals surface area contributed by atoms with Crippen molar-refractivity contribution in [2.45, 2.75) is 79.1 Å². The average Bonchev–Trinajstić information content (AvgIpc) is 2.37. The molecule has 0 rings (SSSR count). The van der Waals surface area contributed by atoms with E-state index in [-0.39, 0.29) is 0 Å². The molecule has 1 heteroatoms. The Hall–Kier alpha value is 0.430. The van der Waals surface area contributed by atoms with Crippen LogP contribution >= 0.6 is 8.58 Å². The van der Waals surface area contributed by atoms with Gasteiger partial charge in [0, 0.05) is 0 Å². The molecule has 0 heterocycles. The molecule has 17 heavy (non-hydrogen) atoms. The van der Waals surface area contributed by atoms with E-state index < -0.39 is 0 Å². The minimum Gasteiger partial charge on any atom is -0.539 e. The van der Waals surface area contributed by atoms with Gasteiger partial charge in [-0.3, -0.25) is 0 Å². The van der Waals surface area contributed by atoms with Crippen molar-refractivity contribution >= 4 is 8.58 Å². The van der Waals surface area contributed by atoms with E-state index >= 15 is 0 Å². The summed E-state index contributed by atoms with van der Waals surface area (Å²) in [6, 6.07) is 0. The van der Waals surface area contributed by atoms with Crippen LogP contribution in [0.5, 0.6) is 0 Å². The van der Waals surface area contributed by atoms with Crippen LogP contribution in [0.4, 0.5) is 0 Å². The number of hydrogen-bond donors (Lipinski definition) is 0. The SMILES string of the molecule is CCCCC(CC)C[P-]CC(CC)CCCC. The molecule has 0 radical (unpaired) electrons. The molecule has 2 atom stereocenters. The molecule has 0 aliphatic rings. The third-order valence-corrected chi connectivity index (χ3v) is 5.41. The molecule has 0 aromatic heterocycles. The molecule has 0 saturated heterocycles. The Balaban J connectivity index is 3.61. The van der Waals surface area contributed by atoms with Gasteiger partial charge in [0.15, 0.2) is 0 Å². The Labute approximate surface area is 112 Å². The van der Waals surface area contributed by atoms with E-state index in [1.54, 1.807) is 8.58 Å². The van der Waals surface area contributed by atoms with Crippen LogP contribution in [-0.2, 0) is 0 Å². The van der Waals surface area contributed by atoms with Gasteiger partial charge in [0.25, 0.3) is 0 Å². The zero-order chi connectivity index (χ0) is 12.9. The highest BCUT2D eigenvalue weighted by Crippen LogP contribution is 2.27. The highest BCUT2D eigenvalue weighted by molar-refractivity contribution is 7.38. The third-order valence-electron chi connectivity index (χ3n) is 3.86. The van der Waals surface area contributed by atoms with Crippen molar-refractivity contribution in [1.82, 2.24) is 0 Å². The van der Waals surface area contributed by atoms with E-state index in [0.717, 1.165) is 11.8 Å². The highest BCUT2D eigenvalue weighted by Gasteiger charge is 2.02. The van der Waals surface area contributed by atoms with Crippen LogP contribution in [-0.4, -0.2) is 12.3 Å². The van der Waals surface area contributed by atoms with Crippen molar-refractivity contribution < 1.29 is 0 Å². The third kappa shape index (κ3) is 10.1. The largest absolute Gasteiger partial charge is 0.539 e. The maximum atomic E-state index is 2.37. The van der Waals surface area contributed by atoms with Gasteiger partial charge in [-0.1, -0.05) is 90.9 Å². The Kier molecular flexibility index (Phi) is 13.2. The minimum absolute atomic E-state index is 1.00. The Morgan fingerprint density at radius 2 is 1.12 bits per heavy atom. The molecule has 0 aliphatic carbocycles. The van der Waals surface area contributed by atoms with Gasteiger partial charge >= 0.3 is 0 Å². The van der Waals surface area contributed by atoms with Crippen molar-refractivity contribution in [2.75, 3.05) is 12.3 Å². The maximum absolute atomic E-state index is 2.37. The molecule has 0 aliphatic heterocycles. The fraction of sp³-hybridized carbons (Fsp3) is 1.00. The molecular formula is C16H34P-. The van der Waals surface area contributed by atoms with E-state index in [1.807, 2.05) is 0 Å². The highest BCUT2D eigenvalue weighted by atomic mass is 31.1. The van der Waals surface area contributed by atoms with Crippen LogP contribution in [0.1, 0.15) is 79.1 Å². The predicted molar refractivity (Wildman–Crippen MR) is 83.3 cm³/mol. The quantitative estimate of drug-likeness (QED) is 0.356. The van der Waals surface area contributed by atoms with E-state index in [0.29, 0.717) is 0 Å². The summed E-state index contributed by atoms with van der Waals surface area (Å²) in [4.78, 5) is 0. The lowest BCUT2D eigenvalue weighted by atomic mass is 10.0. The summed E-state index contributed by atoms with van der Waals surface area (Å²) in [5.41, 5.74) is 0. The van der Waals surface area contributed by atoms with Gasteiger partial charge in [0.05, 0.1) is 0 Å². The second-order valence-corrected chi connectivity index (χ2v) is 6.60. The van der Waals surface area contributed by atoms with Crippen LogP contribution in [0, 0.1) is 11.8 Å². The summed E-state index contributed by atoms with van der Waals surface area (Å²) in [7, 11) is 1.72. The van der Waals surface area contributed by atoms with Gasteiger partial charge in [-0.25, -0.2) is 0 Å². The summed E-state index contributed by atoms with van der Waals surface area (Å²) in [6.45, 7) is 9.35. The molecule has 0 spiro atoms. The number of rotatable bonds is 12. The van der Waals surface area contributed by atoms with Crippen LogP contribution in [0.25, 0.3) is 0 Å². The lowest BCUT2D eigenvalue weighted by Crippen LogP contribution is -2.06. The van der Waals surface area contributed by atoms with E-state index in [2.05, 4.69) is 27.7 Å². The summed E-state index contributed by atoms with van der Waals surface area (Å²) < 4.78 is 0. The second-order valence-electron chi connectivity index (χ2n) is 5.42. The molecule has 104 valence electrons. The first-order chi connectivity index (χ1) is 8.28. The first-order valence-electron chi connectivity index (χ1n) is 7.91. The van der Waals surface area contributed by atoms with Crippen molar-refractivity contribution in [2.24, 2.45) is 11.8 Å². The molecule has 0 saturated carbocycles. The average molecular weight is 257 g/mol. The lowest BCUT2D eigenvalue weighted by Gasteiger charge is -2.28. The van der Waals surface area contributed by atoms with Crippen LogP contribution in [0.3, 0.4) is 0 Å². The summed E-state index contributed by atoms with van der Waals surface area (Å²) in [6.07, 6.45) is 14.2. The fourth-order valence-corrected chi connectivity index (χ4v) is 4.04. The van der Waals surface area contributed by atoms with Gasteiger partial charge < -0.3 is 8.58 Å². The zero-order valence-corrected chi connectivity index (χ0v) is 13.6. The number of hydrogen-bond acceptors (Lipinski definition) is 0. The molecule has 0 fully saturated rings. The Morgan fingerprint density at radius 1 is 0.706 bits per heavy atom. The Morgan fingerprint density at radius 3 is 1.41 bits per heavy atom. The zero-order valence-electron chi connectivity index (χ0n) is 12.7. The first-order valence-corrected chi connectivity index (χ1v) is 9.18. The van der Waals surface area contributed by atoms with Gasteiger partial charge in [-0.2, -0.15) is 12.3 Å². The van der Waals surface area contributed by atoms with Crippen LogP contribution < -0.4 is 0 Å². The van der Waals surface area contributed by atoms with Gasteiger partial charge in [-0.05, 0) is 0 Å². The smallest absolute Gasteiger partial charge is 0.0527 e. The van der Waals surface area contributed by atoms with Gasteiger partial charge in [0.1, 0.15) is 0 Å². The Bertz CT molecular complexity index is 128. The van der Waals surface area contributed by atoms with Gasteiger partial charge in [-0.15, -0.1) is 0 Å². The van der Waals surface area contributed by atoms with E-state index in [4.69, 9.17) is 0 Å². The van der Waals surface area contributed by atoms with Gasteiger partial charge in [0.2, 0.25) is 0 Å². The van der Waals surface area contributed by atoms with E-state index in [9.17, 15) is 0 Å². The monoisotopic (exact) mass is 257 g/mol. The maximum Gasteiger partial charge on any atom is -0.0527 e. The van der Waals surface area contributed by atoms with Crippen molar-refractivity contribution in [3.05, 3.63) is 0 Å². The van der Waals surface area contributed by atoms with Crippen LogP contribution in [0.15, 0.2) is 0 Å². The van der Waals surface area contributed by atoms with Crippen molar-refractivity contribution in [3.8, 4) is 0 Å².